The van der Waals surface area contributed by atoms with Crippen molar-refractivity contribution in [1.82, 2.24) is 9.80 Å². The Morgan fingerprint density at radius 3 is 2.26 bits per heavy atom. The highest BCUT2D eigenvalue weighted by Gasteiger charge is 2.50. The lowest BCUT2D eigenvalue weighted by atomic mass is 9.95. The molecule has 2 aliphatic heterocycles. The number of halogens is 1. The molecule has 0 aliphatic carbocycles. The molecule has 2 aliphatic rings. The van der Waals surface area contributed by atoms with Crippen LogP contribution in [0, 0.1) is 0 Å². The Kier molecular flexibility index (Phi) is 8.20. The monoisotopic (exact) mass is 555 g/mol. The molecule has 0 atom stereocenters. The second-order valence-electron chi connectivity index (χ2n) is 10.7. The largest absolute Gasteiger partial charge is 0.497 e. The third-order valence-corrected chi connectivity index (χ3v) is 7.10. The van der Waals surface area contributed by atoms with Crippen LogP contribution < -0.4 is 9.47 Å². The van der Waals surface area contributed by atoms with Gasteiger partial charge in [0.05, 0.1) is 25.8 Å². The standard InChI is InChI=1S/C29H34ClN3O6/c1-28(2,3)39-27(36)32-14-12-29(13-15-32)31-25(20-7-9-22(37-4)10-8-20)26(35)33(29)18-21(34)16-19-6-11-24(38-5)23(30)17-19/h6-11,17H,12-16,18H2,1-5H3. The molecule has 1 spiro atoms. The van der Waals surface area contributed by atoms with Gasteiger partial charge in [-0.2, -0.15) is 0 Å². The minimum Gasteiger partial charge on any atom is -0.497 e. The Labute approximate surface area is 233 Å². The van der Waals surface area contributed by atoms with Gasteiger partial charge in [0.1, 0.15) is 28.5 Å². The molecule has 0 N–H and O–H groups in total. The first-order valence-corrected chi connectivity index (χ1v) is 13.2. The Morgan fingerprint density at radius 1 is 1.03 bits per heavy atom. The molecule has 2 heterocycles. The van der Waals surface area contributed by atoms with E-state index in [0.717, 1.165) is 5.56 Å². The molecule has 0 radical (unpaired) electrons. The van der Waals surface area contributed by atoms with E-state index < -0.39 is 17.4 Å². The molecule has 208 valence electrons. The van der Waals surface area contributed by atoms with Crippen molar-refractivity contribution < 1.29 is 28.6 Å². The van der Waals surface area contributed by atoms with Crippen molar-refractivity contribution in [2.24, 2.45) is 4.99 Å². The van der Waals surface area contributed by atoms with E-state index in [-0.39, 0.29) is 24.7 Å². The zero-order valence-electron chi connectivity index (χ0n) is 23.0. The number of ketones is 1. The number of likely N-dealkylation sites (tertiary alicyclic amines) is 1. The summed E-state index contributed by atoms with van der Waals surface area (Å²) in [7, 11) is 3.10. The Balaban J connectivity index is 1.57. The number of hydrogen-bond acceptors (Lipinski definition) is 7. The fourth-order valence-electron chi connectivity index (χ4n) is 4.82. The predicted octanol–water partition coefficient (Wildman–Crippen LogP) is 4.53. The summed E-state index contributed by atoms with van der Waals surface area (Å²) in [6.45, 7) is 6.04. The number of piperidine rings is 1. The number of aliphatic imine (C=N–C) groups is 1. The minimum atomic E-state index is -0.932. The summed E-state index contributed by atoms with van der Waals surface area (Å²) in [6, 6.07) is 12.3. The van der Waals surface area contributed by atoms with Gasteiger partial charge in [-0.25, -0.2) is 4.79 Å². The number of carbonyl (C=O) groups is 3. The van der Waals surface area contributed by atoms with Crippen molar-refractivity contribution in [3.8, 4) is 11.5 Å². The molecule has 0 bridgehead atoms. The van der Waals surface area contributed by atoms with Gasteiger partial charge in [-0.1, -0.05) is 17.7 Å². The number of nitrogens with zero attached hydrogens (tertiary/aromatic N) is 3. The molecule has 1 saturated heterocycles. The van der Waals surface area contributed by atoms with Crippen LogP contribution in [-0.2, 0) is 20.7 Å². The summed E-state index contributed by atoms with van der Waals surface area (Å²) in [5.41, 5.74) is 0.119. The highest BCUT2D eigenvalue weighted by molar-refractivity contribution is 6.47. The van der Waals surface area contributed by atoms with E-state index in [1.54, 1.807) is 59.4 Å². The molecular formula is C29H34ClN3O6. The lowest BCUT2D eigenvalue weighted by Crippen LogP contribution is -2.56. The van der Waals surface area contributed by atoms with Gasteiger partial charge in [0.25, 0.3) is 5.91 Å². The van der Waals surface area contributed by atoms with Crippen molar-refractivity contribution in [3.63, 3.8) is 0 Å². The average Bonchev–Trinajstić information content (AvgIpc) is 3.14. The van der Waals surface area contributed by atoms with Crippen molar-refractivity contribution in [2.45, 2.75) is 51.3 Å². The first kappa shape index (κ1) is 28.4. The van der Waals surface area contributed by atoms with Crippen molar-refractivity contribution >= 4 is 35.1 Å². The number of methoxy groups -OCH3 is 2. The molecule has 4 rings (SSSR count). The van der Waals surface area contributed by atoms with Gasteiger partial charge in [-0.15, -0.1) is 0 Å². The number of benzene rings is 2. The van der Waals surface area contributed by atoms with E-state index in [9.17, 15) is 14.4 Å². The number of hydrogen-bond donors (Lipinski definition) is 0. The van der Waals surface area contributed by atoms with Crippen LogP contribution in [0.4, 0.5) is 4.79 Å². The summed E-state index contributed by atoms with van der Waals surface area (Å²) >= 11 is 6.24. The van der Waals surface area contributed by atoms with Crippen molar-refractivity contribution in [2.75, 3.05) is 33.9 Å². The van der Waals surface area contributed by atoms with Crippen LogP contribution in [0.1, 0.15) is 44.7 Å². The van der Waals surface area contributed by atoms with Crippen LogP contribution in [-0.4, -0.2) is 78.4 Å². The Hall–Kier alpha value is -3.59. The third kappa shape index (κ3) is 6.36. The Bertz CT molecular complexity index is 1280. The van der Waals surface area contributed by atoms with Gasteiger partial charge in [0.2, 0.25) is 0 Å². The molecule has 0 aromatic heterocycles. The Morgan fingerprint density at radius 2 is 1.69 bits per heavy atom. The van der Waals surface area contributed by atoms with E-state index in [4.69, 9.17) is 30.8 Å². The average molecular weight is 556 g/mol. The van der Waals surface area contributed by atoms with Crippen LogP contribution in [0.3, 0.4) is 0 Å². The van der Waals surface area contributed by atoms with Gasteiger partial charge >= 0.3 is 6.09 Å². The summed E-state index contributed by atoms with van der Waals surface area (Å²) in [4.78, 5) is 47.7. The SMILES string of the molecule is COc1ccc(C2=NC3(CCN(C(=O)OC(C)(C)C)CC3)N(CC(=O)Cc3ccc(OC)c(Cl)c3)C2=O)cc1. The van der Waals surface area contributed by atoms with Gasteiger partial charge in [0, 0.05) is 37.9 Å². The summed E-state index contributed by atoms with van der Waals surface area (Å²) in [5.74, 6) is 0.725. The van der Waals surface area contributed by atoms with E-state index >= 15 is 0 Å². The second kappa shape index (κ2) is 11.3. The van der Waals surface area contributed by atoms with Crippen LogP contribution >= 0.6 is 11.6 Å². The number of ether oxygens (including phenoxy) is 3. The fourth-order valence-corrected chi connectivity index (χ4v) is 5.10. The van der Waals surface area contributed by atoms with Crippen molar-refractivity contribution in [3.05, 3.63) is 58.6 Å². The van der Waals surface area contributed by atoms with E-state index in [0.29, 0.717) is 53.7 Å². The topological polar surface area (TPSA) is 97.7 Å². The number of amides is 2. The van der Waals surface area contributed by atoms with Crippen molar-refractivity contribution in [1.29, 1.82) is 0 Å². The quantitative estimate of drug-likeness (QED) is 0.498. The molecule has 10 heteroatoms. The van der Waals surface area contributed by atoms with Crippen LogP contribution in [0.5, 0.6) is 11.5 Å². The predicted molar refractivity (Wildman–Crippen MR) is 148 cm³/mol. The molecular weight excluding hydrogens is 522 g/mol. The zero-order chi connectivity index (χ0) is 28.4. The van der Waals surface area contributed by atoms with E-state index in [2.05, 4.69) is 0 Å². The number of Topliss-reactive ketones (excluding diaryl/α,β-unsaturated/α-hetero) is 1. The van der Waals surface area contributed by atoms with Crippen LogP contribution in [0.2, 0.25) is 5.02 Å². The molecule has 2 aromatic carbocycles. The third-order valence-electron chi connectivity index (χ3n) is 6.80. The second-order valence-corrected chi connectivity index (χ2v) is 11.1. The molecule has 1 fully saturated rings. The molecule has 0 saturated carbocycles. The first-order chi connectivity index (χ1) is 18.4. The smallest absolute Gasteiger partial charge is 0.410 e. The lowest BCUT2D eigenvalue weighted by molar-refractivity contribution is -0.135. The van der Waals surface area contributed by atoms with Gasteiger partial charge in [-0.3, -0.25) is 14.6 Å². The maximum absolute atomic E-state index is 13.7. The van der Waals surface area contributed by atoms with Gasteiger partial charge < -0.3 is 24.0 Å². The summed E-state index contributed by atoms with van der Waals surface area (Å²) < 4.78 is 16.0. The van der Waals surface area contributed by atoms with E-state index in [1.807, 2.05) is 20.8 Å². The fraction of sp³-hybridized carbons (Fsp3) is 0.448. The number of carbonyl (C=O) groups excluding carboxylic acids is 3. The molecule has 9 nitrogen and oxygen atoms in total. The van der Waals surface area contributed by atoms with Gasteiger partial charge in [-0.05, 0) is 62.7 Å². The maximum atomic E-state index is 13.7. The maximum Gasteiger partial charge on any atom is 0.410 e. The molecule has 39 heavy (non-hydrogen) atoms. The number of rotatable bonds is 7. The molecule has 2 amide bonds. The lowest BCUT2D eigenvalue weighted by Gasteiger charge is -2.42. The summed E-state index contributed by atoms with van der Waals surface area (Å²) in [6.07, 6.45) is 0.476. The zero-order valence-corrected chi connectivity index (χ0v) is 23.7. The highest BCUT2D eigenvalue weighted by atomic mass is 35.5. The van der Waals surface area contributed by atoms with Crippen LogP contribution in [0.15, 0.2) is 47.5 Å². The first-order valence-electron chi connectivity index (χ1n) is 12.8. The van der Waals surface area contributed by atoms with Gasteiger partial charge in [0.15, 0.2) is 5.78 Å². The van der Waals surface area contributed by atoms with E-state index in [1.165, 1.54) is 7.11 Å². The van der Waals surface area contributed by atoms with Crippen LogP contribution in [0.25, 0.3) is 0 Å². The molecule has 0 unspecified atom stereocenters. The highest BCUT2D eigenvalue weighted by Crippen LogP contribution is 2.37. The summed E-state index contributed by atoms with van der Waals surface area (Å²) in [5, 5.41) is 0.413. The minimum absolute atomic E-state index is 0.103. The normalized spacial score (nSPS) is 16.8. The molecule has 2 aromatic rings.